The second-order valence-electron chi connectivity index (χ2n) is 2.81. The van der Waals surface area contributed by atoms with Crippen LogP contribution in [-0.4, -0.2) is 37.0 Å². The Bertz CT molecular complexity index is 136. The van der Waals surface area contributed by atoms with Crippen molar-refractivity contribution in [2.45, 2.75) is 32.8 Å². The number of hydrogen-bond acceptors (Lipinski definition) is 3. The summed E-state index contributed by atoms with van der Waals surface area (Å²) in [6.07, 6.45) is 1.08. The van der Waals surface area contributed by atoms with E-state index >= 15 is 0 Å². The SMILES string of the molecule is CCOC(C)CCOCCC(=O)O. The summed E-state index contributed by atoms with van der Waals surface area (Å²) in [7, 11) is 0. The van der Waals surface area contributed by atoms with E-state index in [0.29, 0.717) is 13.2 Å². The molecule has 0 heterocycles. The molecule has 1 atom stereocenters. The van der Waals surface area contributed by atoms with Gasteiger partial charge in [-0.05, 0) is 20.3 Å². The van der Waals surface area contributed by atoms with Gasteiger partial charge in [-0.1, -0.05) is 0 Å². The van der Waals surface area contributed by atoms with Crippen LogP contribution < -0.4 is 0 Å². The molecule has 0 rings (SSSR count). The topological polar surface area (TPSA) is 55.8 Å². The van der Waals surface area contributed by atoms with Crippen LogP contribution in [0.1, 0.15) is 26.7 Å². The number of carbonyl (C=O) groups is 1. The number of carboxylic acid groups (broad SMARTS) is 1. The molecule has 0 aliphatic rings. The Morgan fingerprint density at radius 1 is 1.46 bits per heavy atom. The maximum Gasteiger partial charge on any atom is 0.305 e. The Morgan fingerprint density at radius 3 is 2.69 bits per heavy atom. The third kappa shape index (κ3) is 9.30. The maximum absolute atomic E-state index is 10.1. The van der Waals surface area contributed by atoms with Gasteiger partial charge in [0.2, 0.25) is 0 Å². The number of carboxylic acids is 1. The summed E-state index contributed by atoms with van der Waals surface area (Å²) in [5, 5.41) is 8.30. The van der Waals surface area contributed by atoms with Gasteiger partial charge in [0.1, 0.15) is 0 Å². The van der Waals surface area contributed by atoms with E-state index in [4.69, 9.17) is 14.6 Å². The van der Waals surface area contributed by atoms with Crippen LogP contribution in [0.2, 0.25) is 0 Å². The Kier molecular flexibility index (Phi) is 7.63. The van der Waals surface area contributed by atoms with Gasteiger partial charge in [-0.3, -0.25) is 4.79 Å². The zero-order valence-corrected chi connectivity index (χ0v) is 8.28. The molecule has 0 fully saturated rings. The summed E-state index contributed by atoms with van der Waals surface area (Å²) in [6, 6.07) is 0. The monoisotopic (exact) mass is 190 g/mol. The summed E-state index contributed by atoms with van der Waals surface area (Å²) < 4.78 is 10.4. The minimum absolute atomic E-state index is 0.0724. The lowest BCUT2D eigenvalue weighted by Crippen LogP contribution is -2.12. The van der Waals surface area contributed by atoms with Crippen LogP contribution in [-0.2, 0) is 14.3 Å². The molecule has 0 spiro atoms. The van der Waals surface area contributed by atoms with Crippen molar-refractivity contribution < 1.29 is 19.4 Å². The fourth-order valence-electron chi connectivity index (χ4n) is 0.879. The smallest absolute Gasteiger partial charge is 0.305 e. The summed E-state index contributed by atoms with van der Waals surface area (Å²) in [6.45, 7) is 5.48. The lowest BCUT2D eigenvalue weighted by Gasteiger charge is -2.10. The Hall–Kier alpha value is -0.610. The van der Waals surface area contributed by atoms with Crippen LogP contribution >= 0.6 is 0 Å². The highest BCUT2D eigenvalue weighted by molar-refractivity contribution is 5.66. The second kappa shape index (κ2) is 8.01. The van der Waals surface area contributed by atoms with Gasteiger partial charge in [0.25, 0.3) is 0 Å². The van der Waals surface area contributed by atoms with Crippen LogP contribution in [0.4, 0.5) is 0 Å². The molecule has 1 N–H and O–H groups in total. The number of hydrogen-bond donors (Lipinski definition) is 1. The standard InChI is InChI=1S/C9H18O4/c1-3-13-8(2)4-6-12-7-5-9(10)11/h8H,3-7H2,1-2H3,(H,10,11). The molecular formula is C9H18O4. The zero-order valence-electron chi connectivity index (χ0n) is 8.28. The van der Waals surface area contributed by atoms with Gasteiger partial charge in [-0.25, -0.2) is 0 Å². The molecule has 0 aromatic carbocycles. The van der Waals surface area contributed by atoms with Crippen LogP contribution in [0.25, 0.3) is 0 Å². The first kappa shape index (κ1) is 12.4. The summed E-state index contributed by atoms with van der Waals surface area (Å²) >= 11 is 0. The molecule has 4 heteroatoms. The van der Waals surface area contributed by atoms with E-state index < -0.39 is 5.97 Å². The Labute approximate surface area is 78.8 Å². The van der Waals surface area contributed by atoms with E-state index in [1.54, 1.807) is 0 Å². The highest BCUT2D eigenvalue weighted by Gasteiger charge is 2.01. The van der Waals surface area contributed by atoms with E-state index in [1.165, 1.54) is 0 Å². The van der Waals surface area contributed by atoms with Crippen molar-refractivity contribution in [2.24, 2.45) is 0 Å². The molecule has 0 saturated heterocycles. The molecule has 0 aromatic rings. The molecule has 1 unspecified atom stereocenters. The van der Waals surface area contributed by atoms with E-state index in [2.05, 4.69) is 0 Å². The lowest BCUT2D eigenvalue weighted by atomic mass is 10.3. The first-order chi connectivity index (χ1) is 6.16. The van der Waals surface area contributed by atoms with Crippen molar-refractivity contribution in [2.75, 3.05) is 19.8 Å². The van der Waals surface area contributed by atoms with Gasteiger partial charge in [0.05, 0.1) is 19.1 Å². The Balaban J connectivity index is 3.11. The van der Waals surface area contributed by atoms with E-state index in [1.807, 2.05) is 13.8 Å². The molecule has 0 radical (unpaired) electrons. The minimum atomic E-state index is -0.821. The van der Waals surface area contributed by atoms with Crippen LogP contribution in [0.15, 0.2) is 0 Å². The summed E-state index contributed by atoms with van der Waals surface area (Å²) in [5.41, 5.74) is 0. The number of aliphatic carboxylic acids is 1. The van der Waals surface area contributed by atoms with Gasteiger partial charge in [-0.2, -0.15) is 0 Å². The molecule has 0 aromatic heterocycles. The molecule has 0 saturated carbocycles. The van der Waals surface area contributed by atoms with Crippen LogP contribution in [0.3, 0.4) is 0 Å². The van der Waals surface area contributed by atoms with Crippen molar-refractivity contribution in [1.82, 2.24) is 0 Å². The van der Waals surface area contributed by atoms with Crippen molar-refractivity contribution in [1.29, 1.82) is 0 Å². The largest absolute Gasteiger partial charge is 0.481 e. The average Bonchev–Trinajstić information content (AvgIpc) is 2.03. The Morgan fingerprint density at radius 2 is 2.15 bits per heavy atom. The predicted molar refractivity (Wildman–Crippen MR) is 48.8 cm³/mol. The second-order valence-corrected chi connectivity index (χ2v) is 2.81. The quantitative estimate of drug-likeness (QED) is 0.586. The van der Waals surface area contributed by atoms with Gasteiger partial charge >= 0.3 is 5.97 Å². The number of ether oxygens (including phenoxy) is 2. The highest BCUT2D eigenvalue weighted by atomic mass is 16.5. The number of rotatable bonds is 8. The molecule has 0 aliphatic carbocycles. The summed E-state index contributed by atoms with van der Waals surface area (Å²) in [4.78, 5) is 10.1. The van der Waals surface area contributed by atoms with Gasteiger partial charge < -0.3 is 14.6 Å². The third-order valence-electron chi connectivity index (χ3n) is 1.58. The van der Waals surface area contributed by atoms with Gasteiger partial charge in [0, 0.05) is 13.2 Å². The third-order valence-corrected chi connectivity index (χ3v) is 1.58. The minimum Gasteiger partial charge on any atom is -0.481 e. The molecule has 0 amide bonds. The molecule has 13 heavy (non-hydrogen) atoms. The molecular weight excluding hydrogens is 172 g/mol. The normalized spacial score (nSPS) is 12.8. The first-order valence-electron chi connectivity index (χ1n) is 4.58. The summed E-state index contributed by atoms with van der Waals surface area (Å²) in [5.74, 6) is -0.821. The van der Waals surface area contributed by atoms with E-state index in [-0.39, 0.29) is 19.1 Å². The van der Waals surface area contributed by atoms with Gasteiger partial charge in [-0.15, -0.1) is 0 Å². The lowest BCUT2D eigenvalue weighted by molar-refractivity contribution is -0.138. The average molecular weight is 190 g/mol. The maximum atomic E-state index is 10.1. The zero-order chi connectivity index (χ0) is 10.1. The molecule has 78 valence electrons. The highest BCUT2D eigenvalue weighted by Crippen LogP contribution is 1.97. The van der Waals surface area contributed by atoms with Crippen LogP contribution in [0, 0.1) is 0 Å². The molecule has 4 nitrogen and oxygen atoms in total. The van der Waals surface area contributed by atoms with E-state index in [9.17, 15) is 4.79 Å². The fraction of sp³-hybridized carbons (Fsp3) is 0.889. The van der Waals surface area contributed by atoms with E-state index in [0.717, 1.165) is 6.42 Å². The molecule has 0 bridgehead atoms. The van der Waals surface area contributed by atoms with Crippen molar-refractivity contribution in [3.8, 4) is 0 Å². The van der Waals surface area contributed by atoms with Crippen molar-refractivity contribution in [3.05, 3.63) is 0 Å². The van der Waals surface area contributed by atoms with Crippen LogP contribution in [0.5, 0.6) is 0 Å². The molecule has 0 aliphatic heterocycles. The van der Waals surface area contributed by atoms with Crippen molar-refractivity contribution in [3.63, 3.8) is 0 Å². The predicted octanol–water partition coefficient (Wildman–Crippen LogP) is 1.29. The first-order valence-corrected chi connectivity index (χ1v) is 4.58. The van der Waals surface area contributed by atoms with Gasteiger partial charge in [0.15, 0.2) is 0 Å². The van der Waals surface area contributed by atoms with Crippen molar-refractivity contribution >= 4 is 5.97 Å². The fourth-order valence-corrected chi connectivity index (χ4v) is 0.879.